The van der Waals surface area contributed by atoms with Gasteiger partial charge in [0.2, 0.25) is 0 Å². The topological polar surface area (TPSA) is 50.4 Å². The van der Waals surface area contributed by atoms with Gasteiger partial charge in [-0.05, 0) is 43.5 Å². The molecular formula is C13H16N2O2. The van der Waals surface area contributed by atoms with Crippen molar-refractivity contribution >= 4 is 11.8 Å². The predicted molar refractivity (Wildman–Crippen MR) is 65.1 cm³/mol. The minimum absolute atomic E-state index is 0.347. The lowest BCUT2D eigenvalue weighted by molar-refractivity contribution is 0.151. The highest BCUT2D eigenvalue weighted by atomic mass is 16.5. The van der Waals surface area contributed by atoms with E-state index in [1.807, 2.05) is 0 Å². The first kappa shape index (κ1) is 10.6. The zero-order chi connectivity index (χ0) is 11.7. The monoisotopic (exact) mass is 232 g/mol. The average Bonchev–Trinajstić information content (AvgIpc) is 2.39. The Morgan fingerprint density at radius 1 is 1.24 bits per heavy atom. The Kier molecular flexibility index (Phi) is 2.73. The smallest absolute Gasteiger partial charge is 0.411 e. The second-order valence-corrected chi connectivity index (χ2v) is 4.64. The normalized spacial score (nSPS) is 20.4. The van der Waals surface area contributed by atoms with E-state index in [-0.39, 0.29) is 6.09 Å². The number of fused-ring (bicyclic) bond motifs is 1. The van der Waals surface area contributed by atoms with Crippen LogP contribution >= 0.6 is 0 Å². The summed E-state index contributed by atoms with van der Waals surface area (Å²) in [5.41, 5.74) is 3.30. The van der Waals surface area contributed by atoms with E-state index >= 15 is 0 Å². The number of hydrogen-bond acceptors (Lipinski definition) is 3. The van der Waals surface area contributed by atoms with Crippen LogP contribution in [-0.4, -0.2) is 19.2 Å². The highest BCUT2D eigenvalue weighted by Crippen LogP contribution is 2.30. The van der Waals surface area contributed by atoms with Crippen molar-refractivity contribution in [2.24, 2.45) is 0 Å². The highest BCUT2D eigenvalue weighted by Gasteiger charge is 2.19. The van der Waals surface area contributed by atoms with Crippen molar-refractivity contribution in [1.82, 2.24) is 5.32 Å². The first-order valence-electron chi connectivity index (χ1n) is 6.10. The van der Waals surface area contributed by atoms with Gasteiger partial charge in [-0.15, -0.1) is 0 Å². The van der Waals surface area contributed by atoms with Gasteiger partial charge in [0.05, 0.1) is 5.69 Å². The first-order valence-corrected chi connectivity index (χ1v) is 6.10. The van der Waals surface area contributed by atoms with Crippen LogP contribution in [0.5, 0.6) is 0 Å². The molecule has 0 aromatic heterocycles. The van der Waals surface area contributed by atoms with Crippen molar-refractivity contribution in [2.75, 3.05) is 18.4 Å². The quantitative estimate of drug-likeness (QED) is 0.780. The molecule has 0 saturated carbocycles. The minimum atomic E-state index is -0.347. The summed E-state index contributed by atoms with van der Waals surface area (Å²) in [6, 6.07) is 6.33. The molecule has 1 amide bonds. The maximum absolute atomic E-state index is 11.2. The molecule has 0 radical (unpaired) electrons. The van der Waals surface area contributed by atoms with Crippen molar-refractivity contribution in [2.45, 2.75) is 25.4 Å². The fraction of sp³-hybridized carbons (Fsp3) is 0.462. The van der Waals surface area contributed by atoms with Gasteiger partial charge in [0.25, 0.3) is 0 Å². The molecule has 3 rings (SSSR count). The lowest BCUT2D eigenvalue weighted by Gasteiger charge is -2.25. The lowest BCUT2D eigenvalue weighted by atomic mass is 9.89. The Hall–Kier alpha value is -1.55. The van der Waals surface area contributed by atoms with Crippen LogP contribution < -0.4 is 10.6 Å². The highest BCUT2D eigenvalue weighted by molar-refractivity contribution is 5.87. The number of carbonyl (C=O) groups excluding carboxylic acids is 1. The molecule has 2 heterocycles. The number of rotatable bonds is 1. The van der Waals surface area contributed by atoms with Crippen LogP contribution in [0, 0.1) is 0 Å². The molecule has 0 spiro atoms. The Morgan fingerprint density at radius 2 is 2.06 bits per heavy atom. The summed E-state index contributed by atoms with van der Waals surface area (Å²) in [6.45, 7) is 2.54. The molecule has 0 atom stereocenters. The van der Waals surface area contributed by atoms with Gasteiger partial charge in [0, 0.05) is 5.56 Å². The van der Waals surface area contributed by atoms with Gasteiger partial charge in [0.15, 0.2) is 0 Å². The molecule has 4 heteroatoms. The summed E-state index contributed by atoms with van der Waals surface area (Å²) in [4.78, 5) is 11.2. The lowest BCUT2D eigenvalue weighted by Crippen LogP contribution is -2.27. The summed E-state index contributed by atoms with van der Waals surface area (Å²) in [5, 5.41) is 6.13. The summed E-state index contributed by atoms with van der Waals surface area (Å²) < 4.78 is 4.93. The third kappa shape index (κ3) is 2.13. The molecule has 1 aromatic carbocycles. The largest absolute Gasteiger partial charge is 0.444 e. The Labute approximate surface area is 100 Å². The average molecular weight is 232 g/mol. The number of cyclic esters (lactones) is 1. The third-order valence-corrected chi connectivity index (χ3v) is 3.54. The fourth-order valence-electron chi connectivity index (χ4n) is 2.53. The van der Waals surface area contributed by atoms with E-state index in [9.17, 15) is 4.79 Å². The van der Waals surface area contributed by atoms with Gasteiger partial charge >= 0.3 is 6.09 Å². The first-order chi connectivity index (χ1) is 8.33. The molecule has 0 unspecified atom stereocenters. The van der Waals surface area contributed by atoms with E-state index in [4.69, 9.17) is 4.74 Å². The molecule has 2 N–H and O–H groups in total. The maximum atomic E-state index is 11.2. The van der Waals surface area contributed by atoms with Crippen LogP contribution in [0.15, 0.2) is 18.2 Å². The molecule has 1 aromatic rings. The molecule has 0 bridgehead atoms. The van der Waals surface area contributed by atoms with Crippen molar-refractivity contribution in [3.8, 4) is 0 Å². The number of carbonyl (C=O) groups is 1. The molecule has 17 heavy (non-hydrogen) atoms. The van der Waals surface area contributed by atoms with Crippen LogP contribution in [-0.2, 0) is 11.3 Å². The number of hydrogen-bond donors (Lipinski definition) is 2. The van der Waals surface area contributed by atoms with Crippen molar-refractivity contribution in [3.05, 3.63) is 29.3 Å². The maximum Gasteiger partial charge on any atom is 0.411 e. The number of amides is 1. The minimum Gasteiger partial charge on any atom is -0.444 e. The molecule has 2 aliphatic rings. The van der Waals surface area contributed by atoms with Crippen LogP contribution in [0.4, 0.5) is 10.5 Å². The van der Waals surface area contributed by atoms with Crippen LogP contribution in [0.2, 0.25) is 0 Å². The summed E-state index contributed by atoms with van der Waals surface area (Å²) in [6.07, 6.45) is 1.99. The molecular weight excluding hydrogens is 216 g/mol. The van der Waals surface area contributed by atoms with Gasteiger partial charge in [-0.3, -0.25) is 5.32 Å². The van der Waals surface area contributed by atoms with Crippen molar-refractivity contribution in [1.29, 1.82) is 0 Å². The number of piperidine rings is 1. The second-order valence-electron chi connectivity index (χ2n) is 4.64. The predicted octanol–water partition coefficient (Wildman–Crippen LogP) is 2.22. The van der Waals surface area contributed by atoms with Gasteiger partial charge < -0.3 is 10.1 Å². The molecule has 1 saturated heterocycles. The van der Waals surface area contributed by atoms with E-state index in [0.717, 1.165) is 24.3 Å². The van der Waals surface area contributed by atoms with Crippen molar-refractivity contribution < 1.29 is 9.53 Å². The van der Waals surface area contributed by atoms with E-state index in [0.29, 0.717) is 12.5 Å². The number of nitrogens with one attached hydrogen (secondary N) is 2. The van der Waals surface area contributed by atoms with Gasteiger partial charge in [0.1, 0.15) is 6.61 Å². The zero-order valence-electron chi connectivity index (χ0n) is 9.66. The van der Waals surface area contributed by atoms with Crippen LogP contribution in [0.3, 0.4) is 0 Å². The number of benzene rings is 1. The van der Waals surface area contributed by atoms with E-state index in [2.05, 4.69) is 28.8 Å². The Bertz CT molecular complexity index is 439. The van der Waals surface area contributed by atoms with Gasteiger partial charge in [-0.2, -0.15) is 0 Å². The SMILES string of the molecule is O=C1Nc2cc(C3CCNCC3)ccc2CO1. The summed E-state index contributed by atoms with van der Waals surface area (Å²) in [7, 11) is 0. The van der Waals surface area contributed by atoms with Gasteiger partial charge in [-0.1, -0.05) is 12.1 Å². The molecule has 2 aliphatic heterocycles. The molecule has 90 valence electrons. The van der Waals surface area contributed by atoms with E-state index in [1.54, 1.807) is 0 Å². The van der Waals surface area contributed by atoms with Crippen molar-refractivity contribution in [3.63, 3.8) is 0 Å². The zero-order valence-corrected chi connectivity index (χ0v) is 9.66. The molecule has 4 nitrogen and oxygen atoms in total. The van der Waals surface area contributed by atoms with Gasteiger partial charge in [-0.25, -0.2) is 4.79 Å². The van der Waals surface area contributed by atoms with Crippen LogP contribution in [0.1, 0.15) is 29.9 Å². The summed E-state index contributed by atoms with van der Waals surface area (Å²) >= 11 is 0. The summed E-state index contributed by atoms with van der Waals surface area (Å²) in [5.74, 6) is 0.612. The van der Waals surface area contributed by atoms with Crippen LogP contribution in [0.25, 0.3) is 0 Å². The fourth-order valence-corrected chi connectivity index (χ4v) is 2.53. The molecule has 1 fully saturated rings. The van der Waals surface area contributed by atoms with E-state index in [1.165, 1.54) is 18.4 Å². The number of ether oxygens (including phenoxy) is 1. The van der Waals surface area contributed by atoms with E-state index < -0.39 is 0 Å². The Balaban J connectivity index is 1.86. The number of anilines is 1. The second kappa shape index (κ2) is 4.37. The Morgan fingerprint density at radius 3 is 2.88 bits per heavy atom. The molecule has 0 aliphatic carbocycles. The standard InChI is InChI=1S/C13H16N2O2/c16-13-15-12-7-10(1-2-11(12)8-17-13)9-3-5-14-6-4-9/h1-2,7,9,14H,3-6,8H2,(H,15,16). The third-order valence-electron chi connectivity index (χ3n) is 3.54.